The molecule has 0 radical (unpaired) electrons. The first-order valence-corrected chi connectivity index (χ1v) is 12.3. The van der Waals surface area contributed by atoms with Gasteiger partial charge in [-0.15, -0.1) is 0 Å². The number of alkyl halides is 3. The number of halogens is 4. The lowest BCUT2D eigenvalue weighted by Gasteiger charge is -2.44. The van der Waals surface area contributed by atoms with Gasteiger partial charge in [0, 0.05) is 24.4 Å². The Bertz CT molecular complexity index is 1350. The normalized spacial score (nSPS) is 18.5. The number of nitrogens with zero attached hydrogens (tertiary/aromatic N) is 4. The summed E-state index contributed by atoms with van der Waals surface area (Å²) in [6, 6.07) is 6.86. The smallest absolute Gasteiger partial charge is 0.349 e. The molecule has 36 heavy (non-hydrogen) atoms. The van der Waals surface area contributed by atoms with Gasteiger partial charge in [0.25, 0.3) is 0 Å². The van der Waals surface area contributed by atoms with E-state index in [9.17, 15) is 30.8 Å². The molecule has 1 aliphatic heterocycles. The van der Waals surface area contributed by atoms with E-state index in [0.717, 1.165) is 40.8 Å². The van der Waals surface area contributed by atoms with Crippen molar-refractivity contribution in [3.8, 4) is 0 Å². The van der Waals surface area contributed by atoms with Gasteiger partial charge in [0.1, 0.15) is 23.9 Å². The number of sulfonamides is 1. The third kappa shape index (κ3) is 5.51. The molecule has 4 rings (SSSR count). The number of benzene rings is 1. The van der Waals surface area contributed by atoms with Gasteiger partial charge in [0.05, 0.1) is 17.1 Å². The second-order valence-electron chi connectivity index (χ2n) is 8.33. The molecule has 1 amide bonds. The standard InChI is InChI=1S/C23H21F4N5O3S/c1-14-8-20(32(14)36(34,35)19-5-3-16(24)4-6-19)22(33)29-12-18-10-17(30-13-31-18)9-15-2-7-21(28-11-15)23(25,26)27/h2-7,10-11,13-14,20H,8-9,12H2,1H3,(H,29,33)/t14-,20+/m1/s1. The molecule has 0 aliphatic carbocycles. The molecular weight excluding hydrogens is 502 g/mol. The summed E-state index contributed by atoms with van der Waals surface area (Å²) in [5.41, 5.74) is 0.474. The van der Waals surface area contributed by atoms with Crippen LogP contribution >= 0.6 is 0 Å². The Kier molecular flexibility index (Phi) is 7.05. The number of carbonyl (C=O) groups excluding carboxylic acids is 1. The molecular formula is C23H21F4N5O3S. The lowest BCUT2D eigenvalue weighted by molar-refractivity contribution is -0.141. The van der Waals surface area contributed by atoms with E-state index in [0.29, 0.717) is 23.4 Å². The Hall–Kier alpha value is -3.45. The molecule has 0 saturated carbocycles. The number of carbonyl (C=O) groups is 1. The summed E-state index contributed by atoms with van der Waals surface area (Å²) in [7, 11) is -4.00. The average molecular weight is 524 g/mol. The number of hydrogen-bond donors (Lipinski definition) is 1. The minimum Gasteiger partial charge on any atom is -0.349 e. The van der Waals surface area contributed by atoms with Crippen molar-refractivity contribution in [1.29, 1.82) is 0 Å². The Labute approximate surface area is 204 Å². The van der Waals surface area contributed by atoms with Crippen LogP contribution in [0.1, 0.15) is 36.0 Å². The summed E-state index contributed by atoms with van der Waals surface area (Å²) in [5.74, 6) is -1.08. The molecule has 190 valence electrons. The fourth-order valence-corrected chi connectivity index (χ4v) is 5.69. The van der Waals surface area contributed by atoms with Crippen molar-refractivity contribution >= 4 is 15.9 Å². The summed E-state index contributed by atoms with van der Waals surface area (Å²) >= 11 is 0. The van der Waals surface area contributed by atoms with Crippen LogP contribution in [0.15, 0.2) is 59.9 Å². The number of rotatable bonds is 7. The lowest BCUT2D eigenvalue weighted by atomic mass is 9.98. The summed E-state index contributed by atoms with van der Waals surface area (Å²) in [6.45, 7) is 1.67. The van der Waals surface area contributed by atoms with Crippen molar-refractivity contribution in [3.05, 3.63) is 83.5 Å². The van der Waals surface area contributed by atoms with Gasteiger partial charge in [0.15, 0.2) is 0 Å². The van der Waals surface area contributed by atoms with Gasteiger partial charge in [0.2, 0.25) is 15.9 Å². The Morgan fingerprint density at radius 2 is 1.78 bits per heavy atom. The highest BCUT2D eigenvalue weighted by Crippen LogP contribution is 2.33. The highest BCUT2D eigenvalue weighted by molar-refractivity contribution is 7.89. The van der Waals surface area contributed by atoms with Crippen LogP contribution in [0.5, 0.6) is 0 Å². The van der Waals surface area contributed by atoms with Crippen LogP contribution in [0, 0.1) is 5.82 Å². The first-order chi connectivity index (χ1) is 16.9. The molecule has 13 heteroatoms. The molecule has 3 aromatic rings. The summed E-state index contributed by atoms with van der Waals surface area (Å²) in [4.78, 5) is 24.3. The van der Waals surface area contributed by atoms with Gasteiger partial charge >= 0.3 is 6.18 Å². The zero-order valence-electron chi connectivity index (χ0n) is 18.9. The fourth-order valence-electron chi connectivity index (χ4n) is 3.89. The quantitative estimate of drug-likeness (QED) is 0.478. The highest BCUT2D eigenvalue weighted by Gasteiger charge is 2.48. The molecule has 3 heterocycles. The zero-order chi connectivity index (χ0) is 26.1. The number of amides is 1. The van der Waals surface area contributed by atoms with Gasteiger partial charge in [-0.25, -0.2) is 22.8 Å². The molecule has 1 fully saturated rings. The van der Waals surface area contributed by atoms with Crippen molar-refractivity contribution < 1.29 is 30.8 Å². The molecule has 1 aliphatic rings. The molecule has 2 aromatic heterocycles. The lowest BCUT2D eigenvalue weighted by Crippen LogP contribution is -2.62. The van der Waals surface area contributed by atoms with Crippen molar-refractivity contribution in [2.75, 3.05) is 0 Å². The predicted octanol–water partition coefficient (Wildman–Crippen LogP) is 3.09. The maximum atomic E-state index is 13.2. The maximum absolute atomic E-state index is 13.2. The first-order valence-electron chi connectivity index (χ1n) is 10.8. The highest BCUT2D eigenvalue weighted by atomic mass is 32.2. The van der Waals surface area contributed by atoms with Crippen LogP contribution in [-0.4, -0.2) is 45.7 Å². The van der Waals surface area contributed by atoms with Crippen LogP contribution < -0.4 is 5.32 Å². The molecule has 0 bridgehead atoms. The van der Waals surface area contributed by atoms with Crippen LogP contribution in [0.2, 0.25) is 0 Å². The van der Waals surface area contributed by atoms with Gasteiger partial charge in [-0.2, -0.15) is 17.5 Å². The number of aromatic nitrogens is 3. The van der Waals surface area contributed by atoms with Gasteiger partial charge in [-0.05, 0) is 55.3 Å². The third-order valence-electron chi connectivity index (χ3n) is 5.72. The van der Waals surface area contributed by atoms with E-state index < -0.39 is 45.7 Å². The van der Waals surface area contributed by atoms with Crippen molar-refractivity contribution in [3.63, 3.8) is 0 Å². The van der Waals surface area contributed by atoms with E-state index >= 15 is 0 Å². The summed E-state index contributed by atoms with van der Waals surface area (Å²) < 4.78 is 78.2. The molecule has 0 spiro atoms. The van der Waals surface area contributed by atoms with Crippen LogP contribution in [0.25, 0.3) is 0 Å². The molecule has 0 unspecified atom stereocenters. The monoisotopic (exact) mass is 523 g/mol. The largest absolute Gasteiger partial charge is 0.433 e. The van der Waals surface area contributed by atoms with Crippen molar-refractivity contribution in [1.82, 2.24) is 24.6 Å². The Balaban J connectivity index is 1.39. The zero-order valence-corrected chi connectivity index (χ0v) is 19.7. The van der Waals surface area contributed by atoms with E-state index in [1.165, 1.54) is 12.4 Å². The third-order valence-corrected chi connectivity index (χ3v) is 7.76. The number of hydrogen-bond acceptors (Lipinski definition) is 6. The topological polar surface area (TPSA) is 105 Å². The molecule has 2 atom stereocenters. The van der Waals surface area contributed by atoms with Crippen LogP contribution in [0.4, 0.5) is 17.6 Å². The second kappa shape index (κ2) is 9.90. The minimum atomic E-state index is -4.52. The maximum Gasteiger partial charge on any atom is 0.433 e. The van der Waals surface area contributed by atoms with E-state index in [1.807, 2.05) is 0 Å². The SMILES string of the molecule is C[C@@H]1C[C@@H](C(=O)NCc2cc(Cc3ccc(C(F)(F)F)nc3)ncn2)N1S(=O)(=O)c1ccc(F)cc1. The average Bonchev–Trinajstić information content (AvgIpc) is 2.81. The van der Waals surface area contributed by atoms with E-state index in [2.05, 4.69) is 20.3 Å². The van der Waals surface area contributed by atoms with Gasteiger partial charge in [-0.1, -0.05) is 6.07 Å². The summed E-state index contributed by atoms with van der Waals surface area (Å²) in [6.07, 6.45) is -1.60. The fraction of sp³-hybridized carbons (Fsp3) is 0.304. The number of nitrogens with one attached hydrogen (secondary N) is 1. The molecule has 1 saturated heterocycles. The summed E-state index contributed by atoms with van der Waals surface area (Å²) in [5, 5.41) is 2.67. The van der Waals surface area contributed by atoms with Crippen LogP contribution in [0.3, 0.4) is 0 Å². The molecule has 1 aromatic carbocycles. The Morgan fingerprint density at radius 3 is 2.39 bits per heavy atom. The molecule has 8 nitrogen and oxygen atoms in total. The van der Waals surface area contributed by atoms with Gasteiger partial charge in [-0.3, -0.25) is 9.78 Å². The van der Waals surface area contributed by atoms with Gasteiger partial charge < -0.3 is 5.32 Å². The second-order valence-corrected chi connectivity index (χ2v) is 10.2. The number of pyridine rings is 1. The predicted molar refractivity (Wildman–Crippen MR) is 119 cm³/mol. The minimum absolute atomic E-state index is 0.00503. The van der Waals surface area contributed by atoms with E-state index in [-0.39, 0.29) is 17.9 Å². The van der Waals surface area contributed by atoms with Crippen molar-refractivity contribution in [2.45, 2.75) is 49.5 Å². The Morgan fingerprint density at radius 1 is 1.08 bits per heavy atom. The van der Waals surface area contributed by atoms with Crippen LogP contribution in [-0.2, 0) is 34.0 Å². The molecule has 1 N–H and O–H groups in total. The van der Waals surface area contributed by atoms with E-state index in [1.54, 1.807) is 13.0 Å². The van der Waals surface area contributed by atoms with E-state index in [4.69, 9.17) is 0 Å². The van der Waals surface area contributed by atoms with Crippen molar-refractivity contribution in [2.24, 2.45) is 0 Å². The first kappa shape index (κ1) is 25.6.